The molecule has 0 bridgehead atoms. The minimum absolute atomic E-state index is 0.262. The SMILES string of the molecule is CCCCCCC(=O)Oc1cccc(C(=O)OCC)c1. The van der Waals surface area contributed by atoms with Crippen molar-refractivity contribution in [3.63, 3.8) is 0 Å². The number of carbonyl (C=O) groups is 2. The smallest absolute Gasteiger partial charge is 0.338 e. The minimum atomic E-state index is -0.409. The van der Waals surface area contributed by atoms with Crippen molar-refractivity contribution in [2.45, 2.75) is 46.0 Å². The van der Waals surface area contributed by atoms with Crippen molar-refractivity contribution in [2.24, 2.45) is 0 Å². The van der Waals surface area contributed by atoms with Crippen molar-refractivity contribution in [1.29, 1.82) is 0 Å². The number of esters is 2. The summed E-state index contributed by atoms with van der Waals surface area (Å²) in [4.78, 5) is 23.2. The number of benzene rings is 1. The van der Waals surface area contributed by atoms with Crippen molar-refractivity contribution in [3.8, 4) is 5.75 Å². The summed E-state index contributed by atoms with van der Waals surface area (Å²) < 4.78 is 10.1. The second kappa shape index (κ2) is 9.13. The zero-order valence-electron chi connectivity index (χ0n) is 12.2. The van der Waals surface area contributed by atoms with Crippen LogP contribution in [0.4, 0.5) is 0 Å². The molecule has 0 unspecified atom stereocenters. The van der Waals surface area contributed by atoms with E-state index in [0.717, 1.165) is 25.7 Å². The number of rotatable bonds is 8. The molecule has 0 aliphatic heterocycles. The summed E-state index contributed by atoms with van der Waals surface area (Å²) >= 11 is 0. The Balaban J connectivity index is 2.49. The van der Waals surface area contributed by atoms with E-state index in [1.807, 2.05) is 0 Å². The molecule has 4 heteroatoms. The van der Waals surface area contributed by atoms with Gasteiger partial charge in [-0.15, -0.1) is 0 Å². The molecule has 1 aromatic carbocycles. The molecule has 20 heavy (non-hydrogen) atoms. The van der Waals surface area contributed by atoms with Gasteiger partial charge in [-0.2, -0.15) is 0 Å². The summed E-state index contributed by atoms with van der Waals surface area (Å²) in [6, 6.07) is 6.50. The fraction of sp³-hybridized carbons (Fsp3) is 0.500. The fourth-order valence-electron chi connectivity index (χ4n) is 1.78. The molecule has 0 N–H and O–H groups in total. The van der Waals surface area contributed by atoms with E-state index in [1.54, 1.807) is 25.1 Å². The molecular formula is C16H22O4. The Morgan fingerprint density at radius 3 is 2.60 bits per heavy atom. The Kier molecular flexibility index (Phi) is 7.40. The van der Waals surface area contributed by atoms with E-state index in [9.17, 15) is 9.59 Å². The third kappa shape index (κ3) is 5.87. The third-order valence-corrected chi connectivity index (χ3v) is 2.81. The first-order valence-electron chi connectivity index (χ1n) is 7.15. The van der Waals surface area contributed by atoms with Gasteiger partial charge >= 0.3 is 11.9 Å². The molecule has 0 aliphatic carbocycles. The zero-order chi connectivity index (χ0) is 14.8. The van der Waals surface area contributed by atoms with Gasteiger partial charge in [-0.1, -0.05) is 32.3 Å². The number of hydrogen-bond donors (Lipinski definition) is 0. The molecule has 0 radical (unpaired) electrons. The number of hydrogen-bond acceptors (Lipinski definition) is 4. The minimum Gasteiger partial charge on any atom is -0.462 e. The molecular weight excluding hydrogens is 256 g/mol. The highest BCUT2D eigenvalue weighted by atomic mass is 16.5. The maximum atomic E-state index is 11.6. The summed E-state index contributed by atoms with van der Waals surface area (Å²) in [7, 11) is 0. The van der Waals surface area contributed by atoms with Crippen molar-refractivity contribution >= 4 is 11.9 Å². The van der Waals surface area contributed by atoms with Crippen LogP contribution in [0.1, 0.15) is 56.3 Å². The van der Waals surface area contributed by atoms with Crippen LogP contribution >= 0.6 is 0 Å². The van der Waals surface area contributed by atoms with Gasteiger partial charge in [-0.3, -0.25) is 4.79 Å². The van der Waals surface area contributed by atoms with Gasteiger partial charge in [0.05, 0.1) is 12.2 Å². The fourth-order valence-corrected chi connectivity index (χ4v) is 1.78. The first-order valence-corrected chi connectivity index (χ1v) is 7.15. The maximum Gasteiger partial charge on any atom is 0.338 e. The lowest BCUT2D eigenvalue weighted by atomic mass is 10.1. The van der Waals surface area contributed by atoms with Crippen LogP contribution < -0.4 is 4.74 Å². The van der Waals surface area contributed by atoms with Crippen LogP contribution in [0.25, 0.3) is 0 Å². The molecule has 0 aliphatic rings. The van der Waals surface area contributed by atoms with Crippen LogP contribution in [0.2, 0.25) is 0 Å². The van der Waals surface area contributed by atoms with E-state index in [1.165, 1.54) is 6.07 Å². The summed E-state index contributed by atoms with van der Waals surface area (Å²) in [5.74, 6) is -0.286. The molecule has 0 amide bonds. The third-order valence-electron chi connectivity index (χ3n) is 2.81. The van der Waals surface area contributed by atoms with E-state index in [2.05, 4.69) is 6.92 Å². The topological polar surface area (TPSA) is 52.6 Å². The summed E-state index contributed by atoms with van der Waals surface area (Å²) in [5, 5.41) is 0. The lowest BCUT2D eigenvalue weighted by molar-refractivity contribution is -0.134. The molecule has 0 aromatic heterocycles. The van der Waals surface area contributed by atoms with Crippen molar-refractivity contribution < 1.29 is 19.1 Å². The van der Waals surface area contributed by atoms with E-state index in [-0.39, 0.29) is 5.97 Å². The normalized spacial score (nSPS) is 10.1. The molecule has 0 spiro atoms. The molecule has 0 fully saturated rings. The zero-order valence-corrected chi connectivity index (χ0v) is 12.2. The Labute approximate surface area is 120 Å². The monoisotopic (exact) mass is 278 g/mol. The van der Waals surface area contributed by atoms with E-state index < -0.39 is 5.97 Å². The van der Waals surface area contributed by atoms with Gasteiger partial charge in [0.25, 0.3) is 0 Å². The predicted octanol–water partition coefficient (Wildman–Crippen LogP) is 3.74. The highest BCUT2D eigenvalue weighted by molar-refractivity contribution is 5.90. The Morgan fingerprint density at radius 1 is 1.10 bits per heavy atom. The van der Waals surface area contributed by atoms with Gasteiger partial charge in [0.2, 0.25) is 0 Å². The van der Waals surface area contributed by atoms with Crippen LogP contribution in [0, 0.1) is 0 Å². The van der Waals surface area contributed by atoms with Gasteiger partial charge in [0.15, 0.2) is 0 Å². The average Bonchev–Trinajstić information content (AvgIpc) is 2.44. The highest BCUT2D eigenvalue weighted by Crippen LogP contribution is 2.15. The van der Waals surface area contributed by atoms with Gasteiger partial charge in [-0.25, -0.2) is 4.79 Å². The Hall–Kier alpha value is -1.84. The molecule has 0 saturated heterocycles. The number of carbonyl (C=O) groups excluding carboxylic acids is 2. The molecule has 110 valence electrons. The average molecular weight is 278 g/mol. The second-order valence-corrected chi connectivity index (χ2v) is 4.53. The van der Waals surface area contributed by atoms with Crippen LogP contribution in [0.5, 0.6) is 5.75 Å². The standard InChI is InChI=1S/C16H22O4/c1-3-5-6-7-11-15(17)20-14-10-8-9-13(12-14)16(18)19-4-2/h8-10,12H,3-7,11H2,1-2H3. The molecule has 1 aromatic rings. The molecule has 0 saturated carbocycles. The predicted molar refractivity (Wildman–Crippen MR) is 76.8 cm³/mol. The quantitative estimate of drug-likeness (QED) is 0.413. The molecule has 1 rings (SSSR count). The van der Waals surface area contributed by atoms with Crippen molar-refractivity contribution in [2.75, 3.05) is 6.61 Å². The largest absolute Gasteiger partial charge is 0.462 e. The Morgan fingerprint density at radius 2 is 1.90 bits per heavy atom. The summed E-state index contributed by atoms with van der Waals surface area (Å²) in [5.41, 5.74) is 0.392. The van der Waals surface area contributed by atoms with Crippen LogP contribution in [0.3, 0.4) is 0 Å². The highest BCUT2D eigenvalue weighted by Gasteiger charge is 2.09. The lowest BCUT2D eigenvalue weighted by Crippen LogP contribution is -2.09. The maximum absolute atomic E-state index is 11.6. The molecule has 0 heterocycles. The lowest BCUT2D eigenvalue weighted by Gasteiger charge is -2.06. The Bertz CT molecular complexity index is 440. The van der Waals surface area contributed by atoms with Gasteiger partial charge in [-0.05, 0) is 31.5 Å². The van der Waals surface area contributed by atoms with Crippen LogP contribution in [0.15, 0.2) is 24.3 Å². The first kappa shape index (κ1) is 16.2. The summed E-state index contributed by atoms with van der Waals surface area (Å²) in [6.45, 7) is 4.19. The summed E-state index contributed by atoms with van der Waals surface area (Å²) in [6.07, 6.45) is 4.55. The number of ether oxygens (including phenoxy) is 2. The van der Waals surface area contributed by atoms with Crippen molar-refractivity contribution in [3.05, 3.63) is 29.8 Å². The van der Waals surface area contributed by atoms with E-state index >= 15 is 0 Å². The van der Waals surface area contributed by atoms with Crippen LogP contribution in [-0.4, -0.2) is 18.5 Å². The van der Waals surface area contributed by atoms with Gasteiger partial charge < -0.3 is 9.47 Å². The first-order chi connectivity index (χ1) is 9.67. The molecule has 4 nitrogen and oxygen atoms in total. The van der Waals surface area contributed by atoms with Gasteiger partial charge in [0.1, 0.15) is 5.75 Å². The van der Waals surface area contributed by atoms with E-state index in [4.69, 9.17) is 9.47 Å². The van der Waals surface area contributed by atoms with Crippen LogP contribution in [-0.2, 0) is 9.53 Å². The number of unbranched alkanes of at least 4 members (excludes halogenated alkanes) is 3. The van der Waals surface area contributed by atoms with Crippen molar-refractivity contribution in [1.82, 2.24) is 0 Å². The molecule has 0 atom stereocenters. The van der Waals surface area contributed by atoms with Gasteiger partial charge in [0, 0.05) is 6.42 Å². The second-order valence-electron chi connectivity index (χ2n) is 4.53. The van der Waals surface area contributed by atoms with E-state index in [0.29, 0.717) is 24.3 Å².